The van der Waals surface area contributed by atoms with Gasteiger partial charge in [0.2, 0.25) is 0 Å². The summed E-state index contributed by atoms with van der Waals surface area (Å²) >= 11 is 0. The van der Waals surface area contributed by atoms with Crippen molar-refractivity contribution in [3.63, 3.8) is 0 Å². The molecule has 0 aromatic carbocycles. The molecule has 1 saturated carbocycles. The molecule has 0 aromatic rings. The van der Waals surface area contributed by atoms with Crippen LogP contribution in [0.25, 0.3) is 0 Å². The molecule has 1 heterocycles. The van der Waals surface area contributed by atoms with Gasteiger partial charge in [-0.05, 0) is 32.2 Å². The highest BCUT2D eigenvalue weighted by Gasteiger charge is 2.36. The minimum Gasteiger partial charge on any atom is -0.311 e. The van der Waals surface area contributed by atoms with Gasteiger partial charge in [-0.25, -0.2) is 0 Å². The minimum atomic E-state index is 0.741. The maximum absolute atomic E-state index is 3.63. The van der Waals surface area contributed by atoms with E-state index in [1.807, 2.05) is 0 Å². The van der Waals surface area contributed by atoms with Gasteiger partial charge in [0.05, 0.1) is 0 Å². The molecule has 1 N–H and O–H groups in total. The molecule has 0 aromatic heterocycles. The maximum atomic E-state index is 3.63. The van der Waals surface area contributed by atoms with Gasteiger partial charge >= 0.3 is 0 Å². The van der Waals surface area contributed by atoms with Crippen molar-refractivity contribution in [1.82, 2.24) is 10.2 Å². The lowest BCUT2D eigenvalue weighted by Crippen LogP contribution is -2.55. The van der Waals surface area contributed by atoms with Gasteiger partial charge in [-0.15, -0.1) is 0 Å². The molecule has 2 aliphatic rings. The van der Waals surface area contributed by atoms with E-state index in [0.29, 0.717) is 0 Å². The highest BCUT2D eigenvalue weighted by Crippen LogP contribution is 2.35. The van der Waals surface area contributed by atoms with Crippen molar-refractivity contribution in [2.75, 3.05) is 20.1 Å². The minimum absolute atomic E-state index is 0.741. The second-order valence-electron chi connectivity index (χ2n) is 4.36. The zero-order chi connectivity index (χ0) is 8.55. The van der Waals surface area contributed by atoms with E-state index in [1.165, 1.54) is 32.4 Å². The fraction of sp³-hybridized carbons (Fsp3) is 1.00. The smallest absolute Gasteiger partial charge is 0.0246 e. The SMILES string of the molecule is CCC1CN(C)C(C2CC2)CN1. The van der Waals surface area contributed by atoms with E-state index in [4.69, 9.17) is 0 Å². The summed E-state index contributed by atoms with van der Waals surface area (Å²) < 4.78 is 0. The van der Waals surface area contributed by atoms with Gasteiger partial charge in [-0.2, -0.15) is 0 Å². The Labute approximate surface area is 75.3 Å². The highest BCUT2D eigenvalue weighted by molar-refractivity contribution is 4.93. The first kappa shape index (κ1) is 8.52. The molecular weight excluding hydrogens is 148 g/mol. The van der Waals surface area contributed by atoms with Crippen LogP contribution in [0.15, 0.2) is 0 Å². The first-order valence-corrected chi connectivity index (χ1v) is 5.25. The molecule has 2 fully saturated rings. The molecule has 2 unspecified atom stereocenters. The van der Waals surface area contributed by atoms with E-state index in [0.717, 1.165) is 18.0 Å². The first-order valence-electron chi connectivity index (χ1n) is 5.25. The molecule has 0 radical (unpaired) electrons. The largest absolute Gasteiger partial charge is 0.311 e. The third kappa shape index (κ3) is 1.64. The first-order chi connectivity index (χ1) is 5.81. The van der Waals surface area contributed by atoms with Crippen LogP contribution >= 0.6 is 0 Å². The van der Waals surface area contributed by atoms with Crippen LogP contribution in [0.3, 0.4) is 0 Å². The molecule has 2 nitrogen and oxygen atoms in total. The molecule has 2 atom stereocenters. The van der Waals surface area contributed by atoms with Crippen molar-refractivity contribution in [2.45, 2.75) is 38.3 Å². The summed E-state index contributed by atoms with van der Waals surface area (Å²) in [7, 11) is 2.28. The summed E-state index contributed by atoms with van der Waals surface area (Å²) in [6, 6.07) is 1.58. The quantitative estimate of drug-likeness (QED) is 0.663. The lowest BCUT2D eigenvalue weighted by atomic mass is 10.0. The maximum Gasteiger partial charge on any atom is 0.0246 e. The van der Waals surface area contributed by atoms with Gasteiger partial charge in [0, 0.05) is 25.2 Å². The van der Waals surface area contributed by atoms with Gasteiger partial charge < -0.3 is 10.2 Å². The molecule has 0 bridgehead atoms. The van der Waals surface area contributed by atoms with Crippen molar-refractivity contribution in [3.05, 3.63) is 0 Å². The monoisotopic (exact) mass is 168 g/mol. The number of rotatable bonds is 2. The number of likely N-dealkylation sites (N-methyl/N-ethyl adjacent to an activating group) is 1. The molecule has 1 saturated heterocycles. The summed E-state index contributed by atoms with van der Waals surface area (Å²) in [6.45, 7) is 4.74. The van der Waals surface area contributed by atoms with Crippen LogP contribution in [0.4, 0.5) is 0 Å². The summed E-state index contributed by atoms with van der Waals surface area (Å²) in [4.78, 5) is 2.56. The number of nitrogens with zero attached hydrogens (tertiary/aromatic N) is 1. The van der Waals surface area contributed by atoms with Gasteiger partial charge in [-0.1, -0.05) is 6.92 Å². The Morgan fingerprint density at radius 3 is 2.67 bits per heavy atom. The average Bonchev–Trinajstić information content (AvgIpc) is 2.87. The lowest BCUT2D eigenvalue weighted by Gasteiger charge is -2.38. The molecular formula is C10H20N2. The lowest BCUT2D eigenvalue weighted by molar-refractivity contribution is 0.144. The normalized spacial score (nSPS) is 38.5. The van der Waals surface area contributed by atoms with Crippen molar-refractivity contribution in [2.24, 2.45) is 5.92 Å². The number of nitrogens with one attached hydrogen (secondary N) is 1. The van der Waals surface area contributed by atoms with E-state index >= 15 is 0 Å². The third-order valence-corrected chi connectivity index (χ3v) is 3.35. The van der Waals surface area contributed by atoms with Gasteiger partial charge in [0.25, 0.3) is 0 Å². The van der Waals surface area contributed by atoms with Gasteiger partial charge in [0.1, 0.15) is 0 Å². The second-order valence-corrected chi connectivity index (χ2v) is 4.36. The topological polar surface area (TPSA) is 15.3 Å². The van der Waals surface area contributed by atoms with Crippen molar-refractivity contribution in [1.29, 1.82) is 0 Å². The van der Waals surface area contributed by atoms with Gasteiger partial charge in [0.15, 0.2) is 0 Å². The second kappa shape index (κ2) is 3.35. The Kier molecular flexibility index (Phi) is 2.37. The zero-order valence-electron chi connectivity index (χ0n) is 8.21. The van der Waals surface area contributed by atoms with Crippen molar-refractivity contribution in [3.8, 4) is 0 Å². The fourth-order valence-corrected chi connectivity index (χ4v) is 2.27. The zero-order valence-corrected chi connectivity index (χ0v) is 8.21. The van der Waals surface area contributed by atoms with Gasteiger partial charge in [-0.3, -0.25) is 0 Å². The molecule has 2 rings (SSSR count). The van der Waals surface area contributed by atoms with Crippen LogP contribution in [0.5, 0.6) is 0 Å². The molecule has 12 heavy (non-hydrogen) atoms. The van der Waals surface area contributed by atoms with E-state index in [9.17, 15) is 0 Å². The van der Waals surface area contributed by atoms with Crippen LogP contribution in [-0.2, 0) is 0 Å². The summed E-state index contributed by atoms with van der Waals surface area (Å²) in [5, 5.41) is 3.63. The van der Waals surface area contributed by atoms with Crippen LogP contribution < -0.4 is 5.32 Å². The Bertz CT molecular complexity index is 154. The van der Waals surface area contributed by atoms with Crippen molar-refractivity contribution < 1.29 is 0 Å². The van der Waals surface area contributed by atoms with E-state index in [1.54, 1.807) is 0 Å². The van der Waals surface area contributed by atoms with E-state index < -0.39 is 0 Å². The van der Waals surface area contributed by atoms with E-state index in [2.05, 4.69) is 24.2 Å². The van der Waals surface area contributed by atoms with Crippen molar-refractivity contribution >= 4 is 0 Å². The van der Waals surface area contributed by atoms with Crippen LogP contribution in [-0.4, -0.2) is 37.1 Å². The van der Waals surface area contributed by atoms with Crippen LogP contribution in [0.2, 0.25) is 0 Å². The molecule has 1 aliphatic carbocycles. The predicted octanol–water partition coefficient (Wildman–Crippen LogP) is 1.08. The number of piperazine rings is 1. The predicted molar refractivity (Wildman–Crippen MR) is 51.2 cm³/mol. The Balaban J connectivity index is 1.86. The fourth-order valence-electron chi connectivity index (χ4n) is 2.27. The molecule has 1 aliphatic heterocycles. The van der Waals surface area contributed by atoms with Crippen LogP contribution in [0.1, 0.15) is 26.2 Å². The van der Waals surface area contributed by atoms with E-state index in [-0.39, 0.29) is 0 Å². The molecule has 0 amide bonds. The Hall–Kier alpha value is -0.0800. The summed E-state index contributed by atoms with van der Waals surface area (Å²) in [5.41, 5.74) is 0. The average molecular weight is 168 g/mol. The highest BCUT2D eigenvalue weighted by atomic mass is 15.2. The molecule has 70 valence electrons. The number of hydrogen-bond acceptors (Lipinski definition) is 2. The molecule has 0 spiro atoms. The third-order valence-electron chi connectivity index (χ3n) is 3.35. The number of hydrogen-bond donors (Lipinski definition) is 1. The molecule has 2 heteroatoms. The Morgan fingerprint density at radius 2 is 2.17 bits per heavy atom. The Morgan fingerprint density at radius 1 is 1.42 bits per heavy atom. The summed E-state index contributed by atoms with van der Waals surface area (Å²) in [5.74, 6) is 1.01. The summed E-state index contributed by atoms with van der Waals surface area (Å²) in [6.07, 6.45) is 4.20. The standard InChI is InChI=1S/C10H20N2/c1-3-9-7-12(2)10(6-11-9)8-4-5-8/h8-11H,3-7H2,1-2H3. The van der Waals surface area contributed by atoms with Crippen LogP contribution in [0, 0.1) is 5.92 Å².